The fourth-order valence-electron chi connectivity index (χ4n) is 3.73. The van der Waals surface area contributed by atoms with Crippen molar-refractivity contribution in [2.24, 2.45) is 0 Å². The molecule has 2 aromatic rings. The maximum atomic E-state index is 12.6. The molecule has 5 nitrogen and oxygen atoms in total. The second-order valence-electron chi connectivity index (χ2n) is 6.52. The number of methoxy groups -OCH3 is 3. The molecule has 0 spiro atoms. The molecule has 0 N–H and O–H groups in total. The Morgan fingerprint density at radius 2 is 1.85 bits per heavy atom. The highest BCUT2D eigenvalue weighted by Gasteiger charge is 2.31. The van der Waals surface area contributed by atoms with Crippen molar-refractivity contribution in [3.05, 3.63) is 58.7 Å². The molecule has 0 saturated heterocycles. The van der Waals surface area contributed by atoms with Crippen LogP contribution < -0.4 is 9.47 Å². The van der Waals surface area contributed by atoms with Gasteiger partial charge in [-0.3, -0.25) is 0 Å². The quantitative estimate of drug-likeness (QED) is 0.789. The van der Waals surface area contributed by atoms with E-state index in [0.717, 1.165) is 30.6 Å². The van der Waals surface area contributed by atoms with Crippen molar-refractivity contribution in [2.45, 2.75) is 12.3 Å². The van der Waals surface area contributed by atoms with Crippen molar-refractivity contribution >= 4 is 5.97 Å². The summed E-state index contributed by atoms with van der Waals surface area (Å²) in [5, 5.41) is 0. The molecule has 3 rings (SSSR count). The first-order valence-corrected chi connectivity index (χ1v) is 8.70. The Labute approximate surface area is 154 Å². The van der Waals surface area contributed by atoms with E-state index >= 15 is 0 Å². The van der Waals surface area contributed by atoms with E-state index in [4.69, 9.17) is 14.2 Å². The number of ether oxygens (including phenoxy) is 3. The van der Waals surface area contributed by atoms with E-state index in [1.165, 1.54) is 12.7 Å². The second kappa shape index (κ2) is 7.79. The summed E-state index contributed by atoms with van der Waals surface area (Å²) in [6.45, 7) is 1.73. The molecule has 5 heteroatoms. The molecule has 0 aliphatic carbocycles. The smallest absolute Gasteiger partial charge is 0.342 e. The molecule has 0 radical (unpaired) electrons. The van der Waals surface area contributed by atoms with Crippen molar-refractivity contribution in [2.75, 3.05) is 41.5 Å². The first kappa shape index (κ1) is 18.3. The number of rotatable bonds is 4. The number of carbonyl (C=O) groups is 1. The van der Waals surface area contributed by atoms with Crippen LogP contribution in [-0.2, 0) is 11.2 Å². The third-order valence-corrected chi connectivity index (χ3v) is 5.02. The van der Waals surface area contributed by atoms with Gasteiger partial charge >= 0.3 is 5.97 Å². The van der Waals surface area contributed by atoms with Gasteiger partial charge < -0.3 is 19.1 Å². The highest BCUT2D eigenvalue weighted by atomic mass is 16.5. The molecular formula is C21H25NO4. The van der Waals surface area contributed by atoms with Crippen LogP contribution >= 0.6 is 0 Å². The summed E-state index contributed by atoms with van der Waals surface area (Å²) in [5.74, 6) is 0.738. The number of hydrogen-bond donors (Lipinski definition) is 0. The Balaban J connectivity index is 2.28. The van der Waals surface area contributed by atoms with Gasteiger partial charge in [0.25, 0.3) is 0 Å². The van der Waals surface area contributed by atoms with Gasteiger partial charge in [0.05, 0.1) is 21.3 Å². The van der Waals surface area contributed by atoms with Crippen LogP contribution in [0.25, 0.3) is 0 Å². The first-order chi connectivity index (χ1) is 12.6. The molecule has 0 amide bonds. The zero-order chi connectivity index (χ0) is 18.7. The summed E-state index contributed by atoms with van der Waals surface area (Å²) < 4.78 is 16.1. The van der Waals surface area contributed by atoms with Crippen LogP contribution in [0.2, 0.25) is 0 Å². The van der Waals surface area contributed by atoms with Gasteiger partial charge in [0, 0.05) is 19.0 Å². The average Bonchev–Trinajstić information content (AvgIpc) is 2.85. The van der Waals surface area contributed by atoms with Crippen molar-refractivity contribution in [3.8, 4) is 11.5 Å². The van der Waals surface area contributed by atoms with Gasteiger partial charge in [0.2, 0.25) is 0 Å². The van der Waals surface area contributed by atoms with Crippen LogP contribution in [0.5, 0.6) is 11.5 Å². The van der Waals surface area contributed by atoms with Gasteiger partial charge in [-0.2, -0.15) is 0 Å². The molecule has 0 aromatic heterocycles. The van der Waals surface area contributed by atoms with Gasteiger partial charge in [-0.25, -0.2) is 4.79 Å². The van der Waals surface area contributed by atoms with Crippen molar-refractivity contribution in [1.29, 1.82) is 0 Å². The van der Waals surface area contributed by atoms with Crippen LogP contribution in [0.1, 0.15) is 33.0 Å². The Morgan fingerprint density at radius 3 is 2.46 bits per heavy atom. The lowest BCUT2D eigenvalue weighted by Gasteiger charge is -2.24. The largest absolute Gasteiger partial charge is 0.493 e. The predicted molar refractivity (Wildman–Crippen MR) is 100 cm³/mol. The topological polar surface area (TPSA) is 48.0 Å². The van der Waals surface area contributed by atoms with Crippen LogP contribution in [0, 0.1) is 0 Å². The van der Waals surface area contributed by atoms with Crippen molar-refractivity contribution in [3.63, 3.8) is 0 Å². The van der Waals surface area contributed by atoms with Gasteiger partial charge in [-0.15, -0.1) is 0 Å². The standard InChI is InChI=1S/C21H25NO4/c1-22-11-10-15-16(17(13-22)14-8-6-5-7-9-14)12-18(24-2)20(25-3)19(15)21(23)26-4/h5-9,12,17H,10-11,13H2,1-4H3. The maximum Gasteiger partial charge on any atom is 0.342 e. The van der Waals surface area contributed by atoms with E-state index in [2.05, 4.69) is 24.1 Å². The second-order valence-corrected chi connectivity index (χ2v) is 6.52. The fraction of sp³-hybridized carbons (Fsp3) is 0.381. The van der Waals surface area contributed by atoms with Gasteiger partial charge in [-0.1, -0.05) is 30.3 Å². The Hall–Kier alpha value is -2.53. The molecule has 0 saturated carbocycles. The van der Waals surface area contributed by atoms with Gasteiger partial charge in [0.15, 0.2) is 11.5 Å². The number of fused-ring (bicyclic) bond motifs is 1. The van der Waals surface area contributed by atoms with Crippen molar-refractivity contribution in [1.82, 2.24) is 4.90 Å². The summed E-state index contributed by atoms with van der Waals surface area (Å²) in [6, 6.07) is 12.4. The number of esters is 1. The minimum Gasteiger partial charge on any atom is -0.493 e. The lowest BCUT2D eigenvalue weighted by molar-refractivity contribution is 0.0595. The van der Waals surface area contributed by atoms with E-state index in [1.807, 2.05) is 24.3 Å². The minimum absolute atomic E-state index is 0.141. The highest BCUT2D eigenvalue weighted by Crippen LogP contribution is 2.42. The molecule has 0 bridgehead atoms. The Bertz CT molecular complexity index is 788. The van der Waals surface area contributed by atoms with Crippen LogP contribution in [0.3, 0.4) is 0 Å². The zero-order valence-corrected chi connectivity index (χ0v) is 15.7. The van der Waals surface area contributed by atoms with Crippen LogP contribution in [0.15, 0.2) is 36.4 Å². The van der Waals surface area contributed by atoms with E-state index in [9.17, 15) is 4.79 Å². The molecule has 1 atom stereocenters. The number of benzene rings is 2. The Morgan fingerprint density at radius 1 is 1.12 bits per heavy atom. The molecule has 26 heavy (non-hydrogen) atoms. The Kier molecular flexibility index (Phi) is 5.47. The third kappa shape index (κ3) is 3.27. The summed E-state index contributed by atoms with van der Waals surface area (Å²) in [7, 11) is 6.64. The summed E-state index contributed by atoms with van der Waals surface area (Å²) in [6.07, 6.45) is 0.750. The van der Waals surface area contributed by atoms with Gasteiger partial charge in [0.1, 0.15) is 5.56 Å². The molecule has 1 aliphatic rings. The highest BCUT2D eigenvalue weighted by molar-refractivity contribution is 5.96. The molecule has 138 valence electrons. The van der Waals surface area contributed by atoms with E-state index in [0.29, 0.717) is 17.1 Å². The normalized spacial score (nSPS) is 17.2. The zero-order valence-electron chi connectivity index (χ0n) is 15.7. The third-order valence-electron chi connectivity index (χ3n) is 5.02. The van der Waals surface area contributed by atoms with Crippen molar-refractivity contribution < 1.29 is 19.0 Å². The molecular weight excluding hydrogens is 330 g/mol. The van der Waals surface area contributed by atoms with Crippen LogP contribution in [-0.4, -0.2) is 52.3 Å². The van der Waals surface area contributed by atoms with Gasteiger partial charge in [-0.05, 0) is 36.2 Å². The summed E-state index contributed by atoms with van der Waals surface area (Å²) in [4.78, 5) is 14.9. The number of carbonyl (C=O) groups excluding carboxylic acids is 1. The fourth-order valence-corrected chi connectivity index (χ4v) is 3.73. The monoisotopic (exact) mass is 355 g/mol. The number of likely N-dealkylation sites (N-methyl/N-ethyl adjacent to an activating group) is 1. The van der Waals surface area contributed by atoms with E-state index in [-0.39, 0.29) is 5.92 Å². The van der Waals surface area contributed by atoms with E-state index < -0.39 is 5.97 Å². The SMILES string of the molecule is COC(=O)c1c2c(cc(OC)c1OC)C(c1ccccc1)CN(C)CC2. The maximum absolute atomic E-state index is 12.6. The molecule has 2 aromatic carbocycles. The number of nitrogens with zero attached hydrogens (tertiary/aromatic N) is 1. The number of hydrogen-bond acceptors (Lipinski definition) is 5. The summed E-state index contributed by atoms with van der Waals surface area (Å²) >= 11 is 0. The molecule has 1 heterocycles. The minimum atomic E-state index is -0.395. The predicted octanol–water partition coefficient (Wildman–Crippen LogP) is 3.11. The molecule has 1 aliphatic heterocycles. The average molecular weight is 355 g/mol. The first-order valence-electron chi connectivity index (χ1n) is 8.70. The molecule has 1 unspecified atom stereocenters. The summed E-state index contributed by atoms with van der Waals surface area (Å²) in [5.41, 5.74) is 3.76. The molecule has 0 fully saturated rings. The lowest BCUT2D eigenvalue weighted by Crippen LogP contribution is -2.24. The lowest BCUT2D eigenvalue weighted by atomic mass is 9.85. The van der Waals surface area contributed by atoms with E-state index in [1.54, 1.807) is 14.2 Å². The van der Waals surface area contributed by atoms with Crippen LogP contribution in [0.4, 0.5) is 0 Å².